The lowest BCUT2D eigenvalue weighted by Gasteiger charge is -2.26. The van der Waals surface area contributed by atoms with E-state index in [1.807, 2.05) is 6.92 Å². The number of rotatable bonds is 11. The zero-order chi connectivity index (χ0) is 15.6. The minimum absolute atomic E-state index is 0.179. The van der Waals surface area contributed by atoms with Crippen LogP contribution in [0.2, 0.25) is 0 Å². The Morgan fingerprint density at radius 3 is 2.30 bits per heavy atom. The van der Waals surface area contributed by atoms with Gasteiger partial charge in [0.1, 0.15) is 5.54 Å². The Kier molecular flexibility index (Phi) is 9.21. The topological polar surface area (TPSA) is 92.4 Å². The number of carboxylic acids is 1. The van der Waals surface area contributed by atoms with E-state index < -0.39 is 11.5 Å². The van der Waals surface area contributed by atoms with Gasteiger partial charge in [0.2, 0.25) is 5.91 Å². The van der Waals surface area contributed by atoms with Gasteiger partial charge >= 0.3 is 5.97 Å². The highest BCUT2D eigenvalue weighted by molar-refractivity contribution is 5.86. The molecular formula is C15H30N2O3. The fourth-order valence-corrected chi connectivity index (χ4v) is 2.51. The highest BCUT2D eigenvalue weighted by atomic mass is 16.4. The van der Waals surface area contributed by atoms with Gasteiger partial charge in [-0.15, -0.1) is 0 Å². The normalized spacial score (nSPS) is 15.4. The number of carbonyl (C=O) groups excluding carboxylic acids is 1. The molecule has 0 spiro atoms. The first-order valence-corrected chi connectivity index (χ1v) is 7.64. The summed E-state index contributed by atoms with van der Waals surface area (Å²) in [5.41, 5.74) is 4.42. The van der Waals surface area contributed by atoms with Gasteiger partial charge in [-0.3, -0.25) is 4.79 Å². The number of nitrogens with one attached hydrogen (secondary N) is 1. The standard InChI is InChI=1S/C15H30N2O3/c1-4-6-12(9-11-16)7-8-13(18)17-15(3,10-5-2)14(19)20/h12H,4-11,16H2,1-3H3,(H,17,18)(H,19,20). The number of hydrogen-bond donors (Lipinski definition) is 3. The van der Waals surface area contributed by atoms with Crippen LogP contribution < -0.4 is 11.1 Å². The van der Waals surface area contributed by atoms with Crippen LogP contribution in [0.25, 0.3) is 0 Å². The summed E-state index contributed by atoms with van der Waals surface area (Å²) in [5.74, 6) is -0.695. The van der Waals surface area contributed by atoms with Gasteiger partial charge in [-0.2, -0.15) is 0 Å². The van der Waals surface area contributed by atoms with Gasteiger partial charge in [-0.25, -0.2) is 4.79 Å². The maximum absolute atomic E-state index is 11.9. The second-order valence-electron chi connectivity index (χ2n) is 5.71. The molecule has 20 heavy (non-hydrogen) atoms. The number of carboxylic acid groups (broad SMARTS) is 1. The van der Waals surface area contributed by atoms with E-state index in [1.54, 1.807) is 6.92 Å². The summed E-state index contributed by atoms with van der Waals surface area (Å²) in [6.07, 6.45) is 5.37. The molecule has 0 saturated heterocycles. The highest BCUT2D eigenvalue weighted by Gasteiger charge is 2.33. The highest BCUT2D eigenvalue weighted by Crippen LogP contribution is 2.18. The molecule has 4 N–H and O–H groups in total. The summed E-state index contributed by atoms with van der Waals surface area (Å²) in [4.78, 5) is 23.2. The first kappa shape index (κ1) is 18.9. The zero-order valence-corrected chi connectivity index (χ0v) is 13.1. The molecule has 0 radical (unpaired) electrons. The van der Waals surface area contributed by atoms with Crippen molar-refractivity contribution in [2.24, 2.45) is 11.7 Å². The van der Waals surface area contributed by atoms with Gasteiger partial charge in [-0.1, -0.05) is 33.1 Å². The quantitative estimate of drug-likeness (QED) is 0.543. The number of nitrogens with two attached hydrogens (primary N) is 1. The van der Waals surface area contributed by atoms with Gasteiger partial charge in [0.15, 0.2) is 0 Å². The molecule has 5 heteroatoms. The molecule has 0 aliphatic carbocycles. The zero-order valence-electron chi connectivity index (χ0n) is 13.1. The van der Waals surface area contributed by atoms with Crippen molar-refractivity contribution in [3.8, 4) is 0 Å². The summed E-state index contributed by atoms with van der Waals surface area (Å²) in [6, 6.07) is 0. The average Bonchev–Trinajstić information content (AvgIpc) is 2.36. The second kappa shape index (κ2) is 9.75. The monoisotopic (exact) mass is 286 g/mol. The molecule has 1 amide bonds. The van der Waals surface area contributed by atoms with Crippen molar-refractivity contribution in [1.29, 1.82) is 0 Å². The van der Waals surface area contributed by atoms with E-state index in [9.17, 15) is 14.7 Å². The van der Waals surface area contributed by atoms with Crippen LogP contribution in [0.4, 0.5) is 0 Å². The molecule has 0 aromatic heterocycles. The van der Waals surface area contributed by atoms with Crippen LogP contribution in [-0.2, 0) is 9.59 Å². The van der Waals surface area contributed by atoms with Crippen molar-refractivity contribution in [2.45, 2.75) is 71.3 Å². The minimum Gasteiger partial charge on any atom is -0.480 e. The summed E-state index contributed by atoms with van der Waals surface area (Å²) in [7, 11) is 0. The summed E-state index contributed by atoms with van der Waals surface area (Å²) in [5, 5.41) is 11.9. The van der Waals surface area contributed by atoms with Crippen LogP contribution in [0.5, 0.6) is 0 Å². The molecule has 0 aliphatic heterocycles. The SMILES string of the molecule is CCCC(CCN)CCC(=O)NC(C)(CCC)C(=O)O. The van der Waals surface area contributed by atoms with Crippen molar-refractivity contribution in [3.63, 3.8) is 0 Å². The van der Waals surface area contributed by atoms with Gasteiger partial charge in [0.25, 0.3) is 0 Å². The predicted molar refractivity (Wildman–Crippen MR) is 80.4 cm³/mol. The van der Waals surface area contributed by atoms with E-state index in [0.717, 1.165) is 25.7 Å². The van der Waals surface area contributed by atoms with Gasteiger partial charge in [-0.05, 0) is 38.6 Å². The van der Waals surface area contributed by atoms with Gasteiger partial charge < -0.3 is 16.2 Å². The third-order valence-electron chi connectivity index (χ3n) is 3.69. The molecule has 0 aliphatic rings. The molecule has 0 heterocycles. The first-order chi connectivity index (χ1) is 9.39. The average molecular weight is 286 g/mol. The van der Waals surface area contributed by atoms with Crippen LogP contribution in [0.15, 0.2) is 0 Å². The lowest BCUT2D eigenvalue weighted by molar-refractivity contribution is -0.147. The number of aliphatic carboxylic acids is 1. The Bertz CT molecular complexity index is 301. The van der Waals surface area contributed by atoms with E-state index in [2.05, 4.69) is 12.2 Å². The molecule has 118 valence electrons. The fourth-order valence-electron chi connectivity index (χ4n) is 2.51. The van der Waals surface area contributed by atoms with Crippen LogP contribution in [-0.4, -0.2) is 29.1 Å². The third kappa shape index (κ3) is 6.89. The van der Waals surface area contributed by atoms with E-state index in [-0.39, 0.29) is 5.91 Å². The van der Waals surface area contributed by atoms with Crippen molar-refractivity contribution in [3.05, 3.63) is 0 Å². The Morgan fingerprint density at radius 1 is 1.20 bits per heavy atom. The smallest absolute Gasteiger partial charge is 0.329 e. The van der Waals surface area contributed by atoms with Crippen molar-refractivity contribution >= 4 is 11.9 Å². The lowest BCUT2D eigenvalue weighted by atomic mass is 9.93. The van der Waals surface area contributed by atoms with E-state index in [0.29, 0.717) is 31.7 Å². The van der Waals surface area contributed by atoms with E-state index >= 15 is 0 Å². The fraction of sp³-hybridized carbons (Fsp3) is 0.867. The van der Waals surface area contributed by atoms with Crippen LogP contribution in [0, 0.1) is 5.92 Å². The molecule has 0 saturated carbocycles. The molecule has 0 aromatic rings. The molecule has 2 atom stereocenters. The third-order valence-corrected chi connectivity index (χ3v) is 3.69. The number of hydrogen-bond acceptors (Lipinski definition) is 3. The summed E-state index contributed by atoms with van der Waals surface area (Å²) >= 11 is 0. The molecule has 0 aromatic carbocycles. The lowest BCUT2D eigenvalue weighted by Crippen LogP contribution is -2.52. The molecule has 0 fully saturated rings. The van der Waals surface area contributed by atoms with Crippen molar-refractivity contribution < 1.29 is 14.7 Å². The molecule has 0 bridgehead atoms. The number of carbonyl (C=O) groups is 2. The minimum atomic E-state index is -1.15. The summed E-state index contributed by atoms with van der Waals surface area (Å²) in [6.45, 7) is 6.23. The van der Waals surface area contributed by atoms with Crippen molar-refractivity contribution in [1.82, 2.24) is 5.32 Å². The molecule has 0 rings (SSSR count). The van der Waals surface area contributed by atoms with Crippen LogP contribution in [0.3, 0.4) is 0 Å². The first-order valence-electron chi connectivity index (χ1n) is 7.64. The molecular weight excluding hydrogens is 256 g/mol. The summed E-state index contributed by atoms with van der Waals surface area (Å²) < 4.78 is 0. The van der Waals surface area contributed by atoms with E-state index in [4.69, 9.17) is 5.73 Å². The Morgan fingerprint density at radius 2 is 1.85 bits per heavy atom. The van der Waals surface area contributed by atoms with E-state index in [1.165, 1.54) is 0 Å². The predicted octanol–water partition coefficient (Wildman–Crippen LogP) is 2.29. The Labute approximate surface area is 122 Å². The second-order valence-corrected chi connectivity index (χ2v) is 5.71. The largest absolute Gasteiger partial charge is 0.480 e. The Hall–Kier alpha value is -1.10. The van der Waals surface area contributed by atoms with Crippen LogP contribution >= 0.6 is 0 Å². The maximum Gasteiger partial charge on any atom is 0.329 e. The molecule has 2 unspecified atom stereocenters. The maximum atomic E-state index is 11.9. The Balaban J connectivity index is 4.35. The number of amides is 1. The van der Waals surface area contributed by atoms with Crippen molar-refractivity contribution in [2.75, 3.05) is 6.54 Å². The van der Waals surface area contributed by atoms with Crippen LogP contribution in [0.1, 0.15) is 65.7 Å². The van der Waals surface area contributed by atoms with Gasteiger partial charge in [0, 0.05) is 6.42 Å². The molecule has 5 nitrogen and oxygen atoms in total. The van der Waals surface area contributed by atoms with Gasteiger partial charge in [0.05, 0.1) is 0 Å².